The van der Waals surface area contributed by atoms with Gasteiger partial charge in [-0.2, -0.15) is 10.4 Å². The molecule has 0 aliphatic carbocycles. The molecule has 1 amide bonds. The first-order chi connectivity index (χ1) is 12.6. The van der Waals surface area contributed by atoms with Crippen molar-refractivity contribution in [2.24, 2.45) is 5.73 Å². The normalized spacial score (nSPS) is 12.1. The maximum absolute atomic E-state index is 11.9. The fourth-order valence-corrected chi connectivity index (χ4v) is 2.90. The van der Waals surface area contributed by atoms with Crippen LogP contribution < -0.4 is 11.3 Å². The number of aromatic amines is 2. The van der Waals surface area contributed by atoms with Crippen LogP contribution in [-0.2, 0) is 4.79 Å². The van der Waals surface area contributed by atoms with Crippen LogP contribution in [0.4, 0.5) is 0 Å². The number of rotatable bonds is 3. The van der Waals surface area contributed by atoms with E-state index >= 15 is 0 Å². The molecule has 126 valence electrons. The molecule has 0 fully saturated rings. The Bertz CT molecular complexity index is 1260. The smallest absolute Gasteiger partial charge is 0.272 e. The van der Waals surface area contributed by atoms with E-state index in [1.807, 2.05) is 24.3 Å². The number of aromatic nitrogens is 4. The lowest BCUT2D eigenvalue weighted by molar-refractivity contribution is -0.118. The summed E-state index contributed by atoms with van der Waals surface area (Å²) in [6, 6.07) is 14.4. The van der Waals surface area contributed by atoms with Gasteiger partial charge in [-0.1, -0.05) is 24.3 Å². The highest BCUT2D eigenvalue weighted by atomic mass is 16.1. The molecule has 0 spiro atoms. The summed E-state index contributed by atoms with van der Waals surface area (Å²) in [5.74, 6) is -1.70. The highest BCUT2D eigenvalue weighted by Crippen LogP contribution is 2.27. The zero-order chi connectivity index (χ0) is 18.3. The minimum Gasteiger partial charge on any atom is -0.368 e. The Morgan fingerprint density at radius 1 is 1.19 bits per heavy atom. The van der Waals surface area contributed by atoms with Gasteiger partial charge in [-0.05, 0) is 18.2 Å². The molecule has 0 saturated carbocycles. The average Bonchev–Trinajstić information content (AvgIpc) is 3.05. The molecule has 0 aliphatic heterocycles. The molecule has 0 aliphatic rings. The number of nitrogens with one attached hydrogen (secondary N) is 2. The molecule has 26 heavy (non-hydrogen) atoms. The van der Waals surface area contributed by atoms with E-state index in [0.717, 1.165) is 10.9 Å². The van der Waals surface area contributed by atoms with Crippen molar-refractivity contribution in [2.45, 2.75) is 5.92 Å². The first kappa shape index (κ1) is 15.5. The second kappa shape index (κ2) is 5.82. The molecule has 0 radical (unpaired) electrons. The Morgan fingerprint density at radius 2 is 1.96 bits per heavy atom. The van der Waals surface area contributed by atoms with E-state index in [1.54, 1.807) is 24.3 Å². The predicted molar refractivity (Wildman–Crippen MR) is 95.0 cm³/mol. The number of primary amides is 1. The third kappa shape index (κ3) is 2.39. The molecule has 2 aromatic heterocycles. The van der Waals surface area contributed by atoms with Crippen molar-refractivity contribution in [2.75, 3.05) is 0 Å². The minimum atomic E-state index is -1.14. The molecular formula is C18H12N6O2. The minimum absolute atomic E-state index is 0.200. The SMILES string of the molecule is N#CC(C(N)=O)c1nc2cc(-c3n[nH]c(=O)c4ccccc34)ccc2[nH]1. The van der Waals surface area contributed by atoms with E-state index in [4.69, 9.17) is 11.0 Å². The van der Waals surface area contributed by atoms with Crippen LogP contribution in [0.25, 0.3) is 33.1 Å². The number of carbonyl (C=O) groups excluding carboxylic acids is 1. The molecule has 4 aromatic rings. The van der Waals surface area contributed by atoms with Gasteiger partial charge in [-0.25, -0.2) is 10.1 Å². The molecular weight excluding hydrogens is 332 g/mol. The fourth-order valence-electron chi connectivity index (χ4n) is 2.90. The Labute approximate surface area is 146 Å². The van der Waals surface area contributed by atoms with Crippen molar-refractivity contribution >= 4 is 27.7 Å². The predicted octanol–water partition coefficient (Wildman–Crippen LogP) is 1.56. The summed E-state index contributed by atoms with van der Waals surface area (Å²) in [5.41, 5.74) is 7.56. The number of nitriles is 1. The molecule has 8 heteroatoms. The second-order valence-electron chi connectivity index (χ2n) is 5.77. The van der Waals surface area contributed by atoms with Gasteiger partial charge in [0, 0.05) is 10.9 Å². The second-order valence-corrected chi connectivity index (χ2v) is 5.77. The van der Waals surface area contributed by atoms with Crippen molar-refractivity contribution in [3.8, 4) is 17.3 Å². The van der Waals surface area contributed by atoms with Crippen molar-refractivity contribution in [1.82, 2.24) is 20.2 Å². The van der Waals surface area contributed by atoms with Crippen LogP contribution >= 0.6 is 0 Å². The summed E-state index contributed by atoms with van der Waals surface area (Å²) in [6.07, 6.45) is 0. The van der Waals surface area contributed by atoms with Crippen LogP contribution in [0.5, 0.6) is 0 Å². The van der Waals surface area contributed by atoms with E-state index in [0.29, 0.717) is 22.1 Å². The molecule has 4 N–H and O–H groups in total. The number of fused-ring (bicyclic) bond motifs is 2. The maximum atomic E-state index is 11.9. The van der Waals surface area contributed by atoms with Crippen LogP contribution in [0, 0.1) is 11.3 Å². The molecule has 2 aromatic carbocycles. The van der Waals surface area contributed by atoms with Crippen LogP contribution in [0.1, 0.15) is 11.7 Å². The zero-order valence-electron chi connectivity index (χ0n) is 13.4. The highest BCUT2D eigenvalue weighted by Gasteiger charge is 2.21. The molecule has 0 saturated heterocycles. The topological polar surface area (TPSA) is 141 Å². The van der Waals surface area contributed by atoms with Gasteiger partial charge in [0.2, 0.25) is 5.91 Å². The molecule has 2 heterocycles. The van der Waals surface area contributed by atoms with E-state index < -0.39 is 11.8 Å². The Kier molecular flexibility index (Phi) is 3.48. The number of H-pyrrole nitrogens is 2. The lowest BCUT2D eigenvalue weighted by Gasteiger charge is -2.04. The Balaban J connectivity index is 1.89. The Morgan fingerprint density at radius 3 is 2.69 bits per heavy atom. The lowest BCUT2D eigenvalue weighted by atomic mass is 10.0. The monoisotopic (exact) mass is 344 g/mol. The van der Waals surface area contributed by atoms with Gasteiger partial charge in [0.15, 0.2) is 5.92 Å². The third-order valence-electron chi connectivity index (χ3n) is 4.16. The number of amides is 1. The van der Waals surface area contributed by atoms with Gasteiger partial charge in [0.25, 0.3) is 5.56 Å². The number of hydrogen-bond acceptors (Lipinski definition) is 5. The quantitative estimate of drug-likeness (QED) is 0.517. The van der Waals surface area contributed by atoms with Crippen molar-refractivity contribution < 1.29 is 4.79 Å². The molecule has 0 bridgehead atoms. The van der Waals surface area contributed by atoms with Crippen molar-refractivity contribution in [3.63, 3.8) is 0 Å². The molecule has 1 atom stereocenters. The van der Waals surface area contributed by atoms with Crippen LogP contribution in [0.2, 0.25) is 0 Å². The summed E-state index contributed by atoms with van der Waals surface area (Å²) in [5, 5.41) is 17.0. The third-order valence-corrected chi connectivity index (χ3v) is 4.16. The first-order valence-electron chi connectivity index (χ1n) is 7.75. The van der Waals surface area contributed by atoms with Gasteiger partial charge >= 0.3 is 0 Å². The number of carbonyl (C=O) groups is 1. The largest absolute Gasteiger partial charge is 0.368 e. The average molecular weight is 344 g/mol. The number of nitrogens with zero attached hydrogens (tertiary/aromatic N) is 3. The van der Waals surface area contributed by atoms with Crippen LogP contribution in [0.15, 0.2) is 47.3 Å². The van der Waals surface area contributed by atoms with Crippen LogP contribution in [-0.4, -0.2) is 26.1 Å². The van der Waals surface area contributed by atoms with Gasteiger partial charge in [-0.3, -0.25) is 9.59 Å². The summed E-state index contributed by atoms with van der Waals surface area (Å²) >= 11 is 0. The summed E-state index contributed by atoms with van der Waals surface area (Å²) in [4.78, 5) is 30.6. The summed E-state index contributed by atoms with van der Waals surface area (Å²) in [7, 11) is 0. The Hall–Kier alpha value is -3.99. The van der Waals surface area contributed by atoms with Gasteiger partial charge in [0.1, 0.15) is 5.82 Å². The summed E-state index contributed by atoms with van der Waals surface area (Å²) < 4.78 is 0. The maximum Gasteiger partial charge on any atom is 0.272 e. The molecule has 1 unspecified atom stereocenters. The standard InChI is InChI=1S/C18H12N6O2/c19-8-12(16(20)25)17-21-13-6-5-9(7-14(13)22-17)15-10-3-1-2-4-11(10)18(26)24-23-15/h1-7,12H,(H2,20,25)(H,21,22)(H,24,26). The van der Waals surface area contributed by atoms with E-state index in [9.17, 15) is 9.59 Å². The van der Waals surface area contributed by atoms with Gasteiger partial charge in [0.05, 0.1) is 28.2 Å². The van der Waals surface area contributed by atoms with E-state index in [1.165, 1.54) is 0 Å². The molecule has 8 nitrogen and oxygen atoms in total. The first-order valence-corrected chi connectivity index (χ1v) is 7.75. The van der Waals surface area contributed by atoms with E-state index in [-0.39, 0.29) is 11.4 Å². The zero-order valence-corrected chi connectivity index (χ0v) is 13.4. The number of hydrogen-bond donors (Lipinski definition) is 3. The van der Waals surface area contributed by atoms with Crippen molar-refractivity contribution in [3.05, 3.63) is 58.6 Å². The van der Waals surface area contributed by atoms with Crippen molar-refractivity contribution in [1.29, 1.82) is 5.26 Å². The van der Waals surface area contributed by atoms with Gasteiger partial charge in [-0.15, -0.1) is 0 Å². The fraction of sp³-hybridized carbons (Fsp3) is 0.0556. The number of imidazole rings is 1. The number of benzene rings is 2. The molecule has 4 rings (SSSR count). The van der Waals surface area contributed by atoms with E-state index in [2.05, 4.69) is 20.2 Å². The highest BCUT2D eigenvalue weighted by molar-refractivity contribution is 5.95. The number of nitrogens with two attached hydrogens (primary N) is 1. The van der Waals surface area contributed by atoms with Crippen LogP contribution in [0.3, 0.4) is 0 Å². The van der Waals surface area contributed by atoms with Gasteiger partial charge < -0.3 is 10.7 Å². The lowest BCUT2D eigenvalue weighted by Crippen LogP contribution is -2.20. The summed E-state index contributed by atoms with van der Waals surface area (Å²) in [6.45, 7) is 0.